The Bertz CT molecular complexity index is 691. The fourth-order valence-corrected chi connectivity index (χ4v) is 2.04. The van der Waals surface area contributed by atoms with E-state index in [2.05, 4.69) is 17.3 Å². The summed E-state index contributed by atoms with van der Waals surface area (Å²) in [6, 6.07) is 6.92. The lowest BCUT2D eigenvalue weighted by molar-refractivity contribution is -0.385. The number of amides is 1. The van der Waals surface area contributed by atoms with Crippen molar-refractivity contribution in [1.29, 1.82) is 0 Å². The smallest absolute Gasteiger partial charge is 0.309 e. The summed E-state index contributed by atoms with van der Waals surface area (Å²) in [5, 5.41) is 17.6. The Kier molecular flexibility index (Phi) is 4.55. The lowest BCUT2D eigenvalue weighted by Crippen LogP contribution is -2.24. The normalized spacial score (nSPS) is 12.0. The summed E-state index contributed by atoms with van der Waals surface area (Å²) in [7, 11) is 0. The standard InChI is InChI=1S/C15H18N4O3/c1-4-12-5-7-13(8-6-12)16-15(20)11(3)18-9-14(19(21)22)10(2)17-18/h5-9,11H,4H2,1-3H3,(H,16,20). The molecule has 116 valence electrons. The molecular weight excluding hydrogens is 284 g/mol. The molecule has 0 radical (unpaired) electrons. The van der Waals surface area contributed by atoms with Gasteiger partial charge in [0.25, 0.3) is 0 Å². The molecule has 0 fully saturated rings. The molecule has 0 saturated heterocycles. The van der Waals surface area contributed by atoms with Gasteiger partial charge in [0.1, 0.15) is 17.9 Å². The van der Waals surface area contributed by atoms with Gasteiger partial charge in [-0.25, -0.2) is 0 Å². The molecule has 1 atom stereocenters. The molecule has 1 heterocycles. The Hall–Kier alpha value is -2.70. The molecule has 0 aliphatic carbocycles. The topological polar surface area (TPSA) is 90.1 Å². The summed E-state index contributed by atoms with van der Waals surface area (Å²) in [4.78, 5) is 22.5. The van der Waals surface area contributed by atoms with Crippen LogP contribution in [0.4, 0.5) is 11.4 Å². The minimum Gasteiger partial charge on any atom is -0.324 e. The summed E-state index contributed by atoms with van der Waals surface area (Å²) >= 11 is 0. The monoisotopic (exact) mass is 302 g/mol. The largest absolute Gasteiger partial charge is 0.324 e. The minimum atomic E-state index is -0.641. The Morgan fingerprint density at radius 1 is 1.41 bits per heavy atom. The molecule has 7 nitrogen and oxygen atoms in total. The van der Waals surface area contributed by atoms with E-state index in [4.69, 9.17) is 0 Å². The number of aromatic nitrogens is 2. The van der Waals surface area contributed by atoms with Gasteiger partial charge in [-0.15, -0.1) is 0 Å². The fourth-order valence-electron chi connectivity index (χ4n) is 2.04. The first-order valence-corrected chi connectivity index (χ1v) is 7.02. The van der Waals surface area contributed by atoms with E-state index in [0.29, 0.717) is 5.69 Å². The van der Waals surface area contributed by atoms with Gasteiger partial charge in [0.05, 0.1) is 4.92 Å². The maximum atomic E-state index is 12.2. The second-order valence-electron chi connectivity index (χ2n) is 5.05. The lowest BCUT2D eigenvalue weighted by Gasteiger charge is -2.12. The van der Waals surface area contributed by atoms with Crippen LogP contribution >= 0.6 is 0 Å². The molecule has 2 aromatic rings. The number of carbonyl (C=O) groups is 1. The number of hydrogen-bond acceptors (Lipinski definition) is 4. The van der Waals surface area contributed by atoms with Crippen molar-refractivity contribution in [3.05, 3.63) is 51.8 Å². The fraction of sp³-hybridized carbons (Fsp3) is 0.333. The summed E-state index contributed by atoms with van der Waals surface area (Å²) in [5.74, 6) is -0.276. The van der Waals surface area contributed by atoms with Gasteiger partial charge in [0.15, 0.2) is 0 Å². The van der Waals surface area contributed by atoms with Crippen molar-refractivity contribution >= 4 is 17.3 Å². The van der Waals surface area contributed by atoms with Crippen LogP contribution in [0, 0.1) is 17.0 Å². The molecule has 1 aromatic carbocycles. The molecule has 0 saturated carbocycles. The Labute approximate surface area is 128 Å². The van der Waals surface area contributed by atoms with Crippen molar-refractivity contribution in [3.63, 3.8) is 0 Å². The first-order chi connectivity index (χ1) is 10.4. The van der Waals surface area contributed by atoms with Gasteiger partial charge in [-0.05, 0) is 38.0 Å². The van der Waals surface area contributed by atoms with Gasteiger partial charge < -0.3 is 5.32 Å². The van der Waals surface area contributed by atoms with Crippen LogP contribution in [0.3, 0.4) is 0 Å². The van der Waals surface area contributed by atoms with Gasteiger partial charge >= 0.3 is 5.69 Å². The quantitative estimate of drug-likeness (QED) is 0.679. The first-order valence-electron chi connectivity index (χ1n) is 7.02. The van der Waals surface area contributed by atoms with E-state index in [0.717, 1.165) is 6.42 Å². The second-order valence-corrected chi connectivity index (χ2v) is 5.05. The molecule has 0 aliphatic rings. The van der Waals surface area contributed by atoms with Gasteiger partial charge in [-0.1, -0.05) is 19.1 Å². The van der Waals surface area contributed by atoms with Crippen LogP contribution < -0.4 is 5.32 Å². The van der Waals surface area contributed by atoms with Gasteiger partial charge in [0.2, 0.25) is 5.91 Å². The molecule has 7 heteroatoms. The number of rotatable bonds is 5. The molecule has 0 aliphatic heterocycles. The Morgan fingerprint density at radius 3 is 2.55 bits per heavy atom. The van der Waals surface area contributed by atoms with Crippen molar-refractivity contribution < 1.29 is 9.72 Å². The molecule has 1 N–H and O–H groups in total. The summed E-state index contributed by atoms with van der Waals surface area (Å²) < 4.78 is 1.31. The number of aryl methyl sites for hydroxylation is 2. The Balaban J connectivity index is 2.11. The SMILES string of the molecule is CCc1ccc(NC(=O)C(C)n2cc([N+](=O)[O-])c(C)n2)cc1. The van der Waals surface area contributed by atoms with E-state index >= 15 is 0 Å². The van der Waals surface area contributed by atoms with Crippen LogP contribution in [0.25, 0.3) is 0 Å². The predicted molar refractivity (Wildman–Crippen MR) is 82.8 cm³/mol. The highest BCUT2D eigenvalue weighted by atomic mass is 16.6. The van der Waals surface area contributed by atoms with Crippen LogP contribution in [0.1, 0.15) is 31.1 Å². The highest BCUT2D eigenvalue weighted by Gasteiger charge is 2.22. The van der Waals surface area contributed by atoms with Crippen LogP contribution in [-0.2, 0) is 11.2 Å². The molecular formula is C15H18N4O3. The number of hydrogen-bond donors (Lipinski definition) is 1. The van der Waals surface area contributed by atoms with Crippen molar-refractivity contribution in [1.82, 2.24) is 9.78 Å². The maximum absolute atomic E-state index is 12.2. The van der Waals surface area contributed by atoms with Gasteiger partial charge in [0, 0.05) is 5.69 Å². The van der Waals surface area contributed by atoms with Crippen LogP contribution in [0.15, 0.2) is 30.5 Å². The van der Waals surface area contributed by atoms with Crippen molar-refractivity contribution in [3.8, 4) is 0 Å². The average Bonchev–Trinajstić information content (AvgIpc) is 2.89. The molecule has 2 rings (SSSR count). The number of carbonyl (C=O) groups excluding carboxylic acids is 1. The van der Waals surface area contributed by atoms with E-state index in [1.807, 2.05) is 24.3 Å². The summed E-state index contributed by atoms with van der Waals surface area (Å²) in [6.07, 6.45) is 2.21. The minimum absolute atomic E-state index is 0.0908. The number of nitrogens with zero attached hydrogens (tertiary/aromatic N) is 3. The number of nitrogens with one attached hydrogen (secondary N) is 1. The molecule has 1 amide bonds. The zero-order valence-corrected chi connectivity index (χ0v) is 12.7. The average molecular weight is 302 g/mol. The predicted octanol–water partition coefficient (Wildman–Crippen LogP) is 2.86. The highest BCUT2D eigenvalue weighted by molar-refractivity contribution is 5.93. The third kappa shape index (κ3) is 3.30. The van der Waals surface area contributed by atoms with E-state index in [9.17, 15) is 14.9 Å². The third-order valence-corrected chi connectivity index (χ3v) is 3.49. The van der Waals surface area contributed by atoms with E-state index in [-0.39, 0.29) is 17.3 Å². The maximum Gasteiger partial charge on any atom is 0.309 e. The highest BCUT2D eigenvalue weighted by Crippen LogP contribution is 2.19. The summed E-state index contributed by atoms with van der Waals surface area (Å²) in [5.41, 5.74) is 2.07. The van der Waals surface area contributed by atoms with Crippen molar-refractivity contribution in [2.24, 2.45) is 0 Å². The van der Waals surface area contributed by atoms with Gasteiger partial charge in [-0.3, -0.25) is 19.6 Å². The van der Waals surface area contributed by atoms with E-state index in [1.54, 1.807) is 13.8 Å². The van der Waals surface area contributed by atoms with Gasteiger partial charge in [-0.2, -0.15) is 5.10 Å². The van der Waals surface area contributed by atoms with Crippen LogP contribution in [-0.4, -0.2) is 20.6 Å². The van der Waals surface area contributed by atoms with Crippen LogP contribution in [0.5, 0.6) is 0 Å². The van der Waals surface area contributed by atoms with Crippen LogP contribution in [0.2, 0.25) is 0 Å². The lowest BCUT2D eigenvalue weighted by atomic mass is 10.1. The molecule has 1 unspecified atom stereocenters. The zero-order valence-electron chi connectivity index (χ0n) is 12.7. The first kappa shape index (κ1) is 15.7. The Morgan fingerprint density at radius 2 is 2.05 bits per heavy atom. The van der Waals surface area contributed by atoms with E-state index in [1.165, 1.54) is 16.4 Å². The number of benzene rings is 1. The second kappa shape index (κ2) is 6.38. The van der Waals surface area contributed by atoms with E-state index < -0.39 is 11.0 Å². The number of anilines is 1. The molecule has 1 aromatic heterocycles. The van der Waals surface area contributed by atoms with Crippen molar-refractivity contribution in [2.75, 3.05) is 5.32 Å². The zero-order chi connectivity index (χ0) is 16.3. The molecule has 0 bridgehead atoms. The van der Waals surface area contributed by atoms with Crippen molar-refractivity contribution in [2.45, 2.75) is 33.2 Å². The summed E-state index contributed by atoms with van der Waals surface area (Å²) in [6.45, 7) is 5.25. The number of nitro groups is 1. The third-order valence-electron chi connectivity index (χ3n) is 3.49. The molecule has 0 spiro atoms. The molecule has 22 heavy (non-hydrogen) atoms.